The maximum absolute atomic E-state index is 12.6. The third kappa shape index (κ3) is 3.47. The molecule has 0 saturated carbocycles. The molecule has 1 aromatic heterocycles. The molecule has 7 nitrogen and oxygen atoms in total. The molecule has 0 bridgehead atoms. The minimum atomic E-state index is -0.474. The number of nitriles is 1. The van der Waals surface area contributed by atoms with Crippen LogP contribution in [0.1, 0.15) is 32.5 Å². The van der Waals surface area contributed by atoms with Crippen molar-refractivity contribution in [1.29, 1.82) is 5.26 Å². The van der Waals surface area contributed by atoms with E-state index >= 15 is 0 Å². The highest BCUT2D eigenvalue weighted by Gasteiger charge is 2.24. The van der Waals surface area contributed by atoms with Gasteiger partial charge >= 0.3 is 5.97 Å². The van der Waals surface area contributed by atoms with Crippen LogP contribution in [0.3, 0.4) is 0 Å². The van der Waals surface area contributed by atoms with Crippen LogP contribution in [-0.4, -0.2) is 25.3 Å². The summed E-state index contributed by atoms with van der Waals surface area (Å²) in [6.45, 7) is 3.80. The number of thiocyanates is 1. The molecule has 0 atom stereocenters. The van der Waals surface area contributed by atoms with Gasteiger partial charge < -0.3 is 19.5 Å². The highest BCUT2D eigenvalue weighted by Crippen LogP contribution is 2.40. The molecule has 1 aliphatic rings. The quantitative estimate of drug-likeness (QED) is 0.471. The van der Waals surface area contributed by atoms with Crippen molar-refractivity contribution < 1.29 is 23.8 Å². The van der Waals surface area contributed by atoms with Crippen LogP contribution in [0.15, 0.2) is 23.1 Å². The number of thiophene rings is 1. The summed E-state index contributed by atoms with van der Waals surface area (Å²) < 4.78 is 15.5. The Kier molecular flexibility index (Phi) is 5.35. The molecule has 1 aliphatic heterocycles. The predicted molar refractivity (Wildman–Crippen MR) is 97.0 cm³/mol. The summed E-state index contributed by atoms with van der Waals surface area (Å²) in [5, 5.41) is 14.2. The molecular formula is C17H14N2O5S2. The number of rotatable bonds is 5. The van der Waals surface area contributed by atoms with Gasteiger partial charge in [-0.3, -0.25) is 4.79 Å². The number of hydrogen-bond acceptors (Lipinski definition) is 8. The predicted octanol–water partition coefficient (Wildman–Crippen LogP) is 3.79. The molecule has 0 saturated heterocycles. The molecular weight excluding hydrogens is 376 g/mol. The van der Waals surface area contributed by atoms with Crippen molar-refractivity contribution in [3.8, 4) is 16.9 Å². The Labute approximate surface area is 157 Å². The molecule has 9 heteroatoms. The largest absolute Gasteiger partial charge is 0.462 e. The van der Waals surface area contributed by atoms with Gasteiger partial charge in [-0.05, 0) is 49.4 Å². The lowest BCUT2D eigenvalue weighted by Crippen LogP contribution is -2.11. The van der Waals surface area contributed by atoms with Crippen LogP contribution in [0.2, 0.25) is 0 Å². The number of amides is 1. The number of carbonyl (C=O) groups is 2. The van der Waals surface area contributed by atoms with Gasteiger partial charge in [0, 0.05) is 5.56 Å². The second-order valence-corrected chi connectivity index (χ2v) is 6.97. The molecule has 2 aromatic rings. The average molecular weight is 390 g/mol. The van der Waals surface area contributed by atoms with Crippen molar-refractivity contribution in [2.24, 2.45) is 0 Å². The number of hydrogen-bond donors (Lipinski definition) is 1. The first-order valence-corrected chi connectivity index (χ1v) is 9.25. The zero-order chi connectivity index (χ0) is 18.7. The summed E-state index contributed by atoms with van der Waals surface area (Å²) in [5.41, 5.74) is 0.992. The molecule has 2 heterocycles. The van der Waals surface area contributed by atoms with E-state index in [9.17, 15) is 9.59 Å². The third-order valence-electron chi connectivity index (χ3n) is 3.56. The van der Waals surface area contributed by atoms with E-state index in [0.29, 0.717) is 37.4 Å². The van der Waals surface area contributed by atoms with Crippen LogP contribution in [-0.2, 0) is 4.74 Å². The van der Waals surface area contributed by atoms with E-state index in [1.165, 1.54) is 0 Å². The highest BCUT2D eigenvalue weighted by atomic mass is 32.2. The minimum absolute atomic E-state index is 0.121. The fourth-order valence-corrected chi connectivity index (χ4v) is 4.15. The number of ether oxygens (including phenoxy) is 3. The second-order valence-electron chi connectivity index (χ2n) is 5.15. The standard InChI is InChI=1S/C17H14N2O5S2/c1-3-22-17(21)14-9(2)13(25-7-18)16(26-14)19-15(20)10-4-5-11-12(6-10)24-8-23-11/h4-6H,3,8H2,1-2H3,(H,19,20). The molecule has 0 radical (unpaired) electrons. The Hall–Kier alpha value is -2.70. The number of nitrogens with one attached hydrogen (secondary N) is 1. The van der Waals surface area contributed by atoms with E-state index in [0.717, 1.165) is 23.1 Å². The first-order valence-electron chi connectivity index (χ1n) is 7.62. The Bertz CT molecular complexity index is 917. The van der Waals surface area contributed by atoms with Gasteiger partial charge in [0.15, 0.2) is 11.5 Å². The van der Waals surface area contributed by atoms with Gasteiger partial charge in [-0.15, -0.1) is 11.3 Å². The molecule has 1 amide bonds. The number of fused-ring (bicyclic) bond motifs is 1. The zero-order valence-corrected chi connectivity index (χ0v) is 15.6. The summed E-state index contributed by atoms with van der Waals surface area (Å²) in [5.74, 6) is 0.232. The van der Waals surface area contributed by atoms with Crippen LogP contribution < -0.4 is 14.8 Å². The normalized spacial score (nSPS) is 11.7. The Morgan fingerprint density at radius 3 is 2.88 bits per heavy atom. The SMILES string of the molecule is CCOC(=O)c1sc(NC(=O)c2ccc3c(c2)OCO3)c(SC#N)c1C. The minimum Gasteiger partial charge on any atom is -0.462 e. The monoisotopic (exact) mass is 390 g/mol. The van der Waals surface area contributed by atoms with Crippen molar-refractivity contribution >= 4 is 40.0 Å². The smallest absolute Gasteiger partial charge is 0.348 e. The molecule has 134 valence electrons. The molecule has 0 fully saturated rings. The number of nitrogens with zero attached hydrogens (tertiary/aromatic N) is 1. The summed E-state index contributed by atoms with van der Waals surface area (Å²) in [4.78, 5) is 25.6. The van der Waals surface area contributed by atoms with Gasteiger partial charge in [-0.1, -0.05) is 0 Å². The maximum Gasteiger partial charge on any atom is 0.348 e. The van der Waals surface area contributed by atoms with Gasteiger partial charge in [0.2, 0.25) is 6.79 Å². The lowest BCUT2D eigenvalue weighted by molar-refractivity contribution is 0.0531. The molecule has 1 N–H and O–H groups in total. The summed E-state index contributed by atoms with van der Waals surface area (Å²) in [6, 6.07) is 4.86. The van der Waals surface area contributed by atoms with E-state index in [1.807, 2.05) is 5.40 Å². The fraction of sp³-hybridized carbons (Fsp3) is 0.235. The van der Waals surface area contributed by atoms with Gasteiger partial charge in [0.25, 0.3) is 5.91 Å². The number of anilines is 1. The van der Waals surface area contributed by atoms with Crippen molar-refractivity contribution in [3.05, 3.63) is 34.2 Å². The Morgan fingerprint density at radius 1 is 1.38 bits per heavy atom. The van der Waals surface area contributed by atoms with E-state index in [2.05, 4.69) is 5.32 Å². The van der Waals surface area contributed by atoms with Crippen LogP contribution in [0.25, 0.3) is 0 Å². The third-order valence-corrected chi connectivity index (χ3v) is 5.68. The second kappa shape index (κ2) is 7.68. The van der Waals surface area contributed by atoms with Crippen molar-refractivity contribution in [2.45, 2.75) is 18.7 Å². The molecule has 1 aromatic carbocycles. The molecule has 26 heavy (non-hydrogen) atoms. The van der Waals surface area contributed by atoms with Crippen molar-refractivity contribution in [2.75, 3.05) is 18.7 Å². The molecule has 0 aliphatic carbocycles. The van der Waals surface area contributed by atoms with E-state index in [4.69, 9.17) is 19.5 Å². The van der Waals surface area contributed by atoms with Crippen molar-refractivity contribution in [1.82, 2.24) is 0 Å². The lowest BCUT2D eigenvalue weighted by Gasteiger charge is -2.05. The van der Waals surface area contributed by atoms with E-state index in [1.54, 1.807) is 32.0 Å². The number of esters is 1. The summed E-state index contributed by atoms with van der Waals surface area (Å²) in [7, 11) is 0. The number of thioether (sulfide) groups is 1. The zero-order valence-electron chi connectivity index (χ0n) is 14.0. The average Bonchev–Trinajstić information content (AvgIpc) is 3.21. The number of carbonyl (C=O) groups excluding carboxylic acids is 2. The molecule has 3 rings (SSSR count). The van der Waals surface area contributed by atoms with Crippen LogP contribution >= 0.6 is 23.1 Å². The van der Waals surface area contributed by atoms with E-state index < -0.39 is 5.97 Å². The first-order chi connectivity index (χ1) is 12.5. The number of benzene rings is 1. The van der Waals surface area contributed by atoms with Crippen LogP contribution in [0, 0.1) is 17.6 Å². The Morgan fingerprint density at radius 2 is 2.15 bits per heavy atom. The topological polar surface area (TPSA) is 97.7 Å². The van der Waals surface area contributed by atoms with Crippen LogP contribution in [0.5, 0.6) is 11.5 Å². The first kappa shape index (κ1) is 18.1. The maximum atomic E-state index is 12.6. The van der Waals surface area contributed by atoms with Crippen LogP contribution in [0.4, 0.5) is 5.00 Å². The van der Waals surface area contributed by atoms with Gasteiger partial charge in [-0.2, -0.15) is 5.26 Å². The lowest BCUT2D eigenvalue weighted by atomic mass is 10.2. The van der Waals surface area contributed by atoms with Gasteiger partial charge in [0.05, 0.1) is 11.5 Å². The van der Waals surface area contributed by atoms with Gasteiger partial charge in [-0.25, -0.2) is 4.79 Å². The van der Waals surface area contributed by atoms with Gasteiger partial charge in [0.1, 0.15) is 15.3 Å². The molecule has 0 unspecified atom stereocenters. The molecule has 0 spiro atoms. The van der Waals surface area contributed by atoms with E-state index in [-0.39, 0.29) is 19.3 Å². The summed E-state index contributed by atoms with van der Waals surface area (Å²) in [6.07, 6.45) is 0. The Balaban J connectivity index is 1.88. The van der Waals surface area contributed by atoms with Crippen molar-refractivity contribution in [3.63, 3.8) is 0 Å². The fourth-order valence-electron chi connectivity index (χ4n) is 2.35. The highest BCUT2D eigenvalue weighted by molar-refractivity contribution is 8.04. The summed E-state index contributed by atoms with van der Waals surface area (Å²) >= 11 is 1.98.